The van der Waals surface area contributed by atoms with E-state index in [4.69, 9.17) is 0 Å². The Hall–Kier alpha value is -4.14. The second-order valence-corrected chi connectivity index (χ2v) is 8.43. The van der Waals surface area contributed by atoms with Gasteiger partial charge in [-0.2, -0.15) is 5.21 Å². The Bertz CT molecular complexity index is 1310. The number of aliphatic imine (C=N–C) groups is 1. The van der Waals surface area contributed by atoms with Crippen LogP contribution in [0, 0.1) is 0 Å². The molecule has 0 radical (unpaired) electrons. The lowest BCUT2D eigenvalue weighted by molar-refractivity contribution is -0.127. The molecule has 0 aliphatic carbocycles. The van der Waals surface area contributed by atoms with Gasteiger partial charge in [0.2, 0.25) is 11.8 Å². The second-order valence-electron chi connectivity index (χ2n) is 8.43. The molecule has 3 aromatic rings. The second kappa shape index (κ2) is 8.66. The highest BCUT2D eigenvalue weighted by molar-refractivity contribution is 6.30. The molecule has 5 rings (SSSR count). The van der Waals surface area contributed by atoms with Gasteiger partial charge in [0.1, 0.15) is 6.04 Å². The predicted molar refractivity (Wildman–Crippen MR) is 128 cm³/mol. The van der Waals surface area contributed by atoms with Crippen LogP contribution in [0.2, 0.25) is 0 Å². The van der Waals surface area contributed by atoms with Gasteiger partial charge in [-0.05, 0) is 41.7 Å². The number of hydrogen-bond acceptors (Lipinski definition) is 6. The monoisotopic (exact) mass is 455 g/mol. The van der Waals surface area contributed by atoms with Gasteiger partial charge >= 0.3 is 0 Å². The lowest BCUT2D eigenvalue weighted by Gasteiger charge is -2.34. The van der Waals surface area contributed by atoms with Crippen molar-refractivity contribution in [3.05, 3.63) is 59.8 Å². The van der Waals surface area contributed by atoms with Crippen molar-refractivity contribution in [1.82, 2.24) is 30.4 Å². The Morgan fingerprint density at radius 2 is 1.71 bits per heavy atom. The number of aromatic nitrogens is 4. The molecule has 0 fully saturated rings. The Kier molecular flexibility index (Phi) is 5.53. The van der Waals surface area contributed by atoms with E-state index in [9.17, 15) is 9.59 Å². The van der Waals surface area contributed by atoms with E-state index in [-0.39, 0.29) is 11.8 Å². The van der Waals surface area contributed by atoms with Crippen molar-refractivity contribution < 1.29 is 9.59 Å². The highest BCUT2D eigenvalue weighted by Crippen LogP contribution is 2.36. The zero-order valence-electron chi connectivity index (χ0n) is 19.3. The minimum absolute atomic E-state index is 0.0939. The summed E-state index contributed by atoms with van der Waals surface area (Å²) in [5, 5.41) is 14.4. The highest BCUT2D eigenvalue weighted by atomic mass is 16.2. The average molecular weight is 456 g/mol. The molecular weight excluding hydrogens is 430 g/mol. The van der Waals surface area contributed by atoms with Crippen LogP contribution in [-0.2, 0) is 9.59 Å². The summed E-state index contributed by atoms with van der Waals surface area (Å²) in [4.78, 5) is 33.9. The molecule has 1 atom stereocenters. The van der Waals surface area contributed by atoms with E-state index in [2.05, 4.69) is 32.5 Å². The number of carbonyl (C=O) groups excluding carboxylic acids is 2. The summed E-state index contributed by atoms with van der Waals surface area (Å²) in [6.45, 7) is 3.86. The minimum Gasteiger partial charge on any atom is -0.281 e. The molecule has 1 aromatic heterocycles. The molecule has 2 amide bonds. The first-order valence-electron chi connectivity index (χ1n) is 11.4. The number of H-pyrrole nitrogens is 1. The summed E-state index contributed by atoms with van der Waals surface area (Å²) in [5.41, 5.74) is 4.84. The normalized spacial score (nSPS) is 18.0. The molecule has 2 aliphatic heterocycles. The van der Waals surface area contributed by atoms with E-state index in [1.807, 2.05) is 48.5 Å². The molecular formula is C25H25N7O2. The molecule has 34 heavy (non-hydrogen) atoms. The third kappa shape index (κ3) is 3.49. The molecule has 0 bridgehead atoms. The Morgan fingerprint density at radius 3 is 2.38 bits per heavy atom. The van der Waals surface area contributed by atoms with Gasteiger partial charge in [-0.15, -0.1) is 10.2 Å². The average Bonchev–Trinajstić information content (AvgIpc) is 3.50. The standard InChI is InChI=1S/C25H25N7O2/c1-4-5-10-20-21(24(34)31(3)25-26-15(2)23(33)32(20)25)17-13-11-16(12-14-17)18-8-6-7-9-19(18)22-27-29-30-28-22/h6-9,11-15H,4-5,10H2,1-3H3,(H,27,28,29,30). The first-order chi connectivity index (χ1) is 16.5. The van der Waals surface area contributed by atoms with Crippen molar-refractivity contribution in [2.75, 3.05) is 7.05 Å². The first-order valence-corrected chi connectivity index (χ1v) is 11.4. The molecule has 2 aromatic carbocycles. The number of hydrogen-bond donors (Lipinski definition) is 1. The number of guanidine groups is 1. The summed E-state index contributed by atoms with van der Waals surface area (Å²) in [7, 11) is 1.67. The summed E-state index contributed by atoms with van der Waals surface area (Å²) < 4.78 is 0. The number of nitrogens with zero attached hydrogens (tertiary/aromatic N) is 6. The molecule has 172 valence electrons. The lowest BCUT2D eigenvalue weighted by Crippen LogP contribution is -2.49. The number of amides is 2. The van der Waals surface area contributed by atoms with E-state index < -0.39 is 6.04 Å². The number of carbonyl (C=O) groups is 2. The van der Waals surface area contributed by atoms with Gasteiger partial charge in [-0.3, -0.25) is 19.4 Å². The number of unbranched alkanes of at least 4 members (excludes halogenated alkanes) is 1. The van der Waals surface area contributed by atoms with Crippen LogP contribution >= 0.6 is 0 Å². The molecule has 0 saturated carbocycles. The largest absolute Gasteiger partial charge is 0.281 e. The molecule has 3 heterocycles. The summed E-state index contributed by atoms with van der Waals surface area (Å²) in [6, 6.07) is 15.2. The van der Waals surface area contributed by atoms with Crippen LogP contribution in [0.15, 0.2) is 59.2 Å². The van der Waals surface area contributed by atoms with E-state index in [0.29, 0.717) is 23.8 Å². The minimum atomic E-state index is -0.495. The van der Waals surface area contributed by atoms with E-state index in [0.717, 1.165) is 40.8 Å². The summed E-state index contributed by atoms with van der Waals surface area (Å²) >= 11 is 0. The molecule has 1 N–H and O–H groups in total. The molecule has 0 spiro atoms. The number of tetrazole rings is 1. The van der Waals surface area contributed by atoms with E-state index in [1.54, 1.807) is 18.9 Å². The van der Waals surface area contributed by atoms with Gasteiger partial charge < -0.3 is 0 Å². The summed E-state index contributed by atoms with van der Waals surface area (Å²) in [5.74, 6) is 0.691. The number of allylic oxidation sites excluding steroid dienone is 1. The van der Waals surface area contributed by atoms with Crippen LogP contribution in [0.25, 0.3) is 28.1 Å². The molecule has 2 aliphatic rings. The van der Waals surface area contributed by atoms with Gasteiger partial charge in [0.05, 0.1) is 5.57 Å². The number of rotatable bonds is 6. The van der Waals surface area contributed by atoms with Crippen LogP contribution in [0.4, 0.5) is 0 Å². The van der Waals surface area contributed by atoms with Gasteiger partial charge in [-0.25, -0.2) is 4.99 Å². The SMILES string of the molecule is CCCCC1=C(c2ccc(-c3ccccc3-c3nn[nH]n3)cc2)C(=O)N(C)C2=NC(C)C(=O)N21. The van der Waals surface area contributed by atoms with E-state index in [1.165, 1.54) is 4.90 Å². The summed E-state index contributed by atoms with van der Waals surface area (Å²) in [6.07, 6.45) is 2.46. The van der Waals surface area contributed by atoms with Crippen molar-refractivity contribution in [1.29, 1.82) is 0 Å². The van der Waals surface area contributed by atoms with Crippen LogP contribution in [0.5, 0.6) is 0 Å². The van der Waals surface area contributed by atoms with Gasteiger partial charge in [0.25, 0.3) is 11.8 Å². The van der Waals surface area contributed by atoms with Gasteiger partial charge in [0.15, 0.2) is 0 Å². The Balaban J connectivity index is 1.59. The zero-order valence-corrected chi connectivity index (χ0v) is 19.3. The van der Waals surface area contributed by atoms with Crippen molar-refractivity contribution in [2.45, 2.75) is 39.2 Å². The van der Waals surface area contributed by atoms with Gasteiger partial charge in [0, 0.05) is 18.3 Å². The maximum Gasteiger partial charge on any atom is 0.262 e. The van der Waals surface area contributed by atoms with E-state index >= 15 is 0 Å². The first kappa shape index (κ1) is 21.7. The van der Waals surface area contributed by atoms with Crippen LogP contribution in [0.3, 0.4) is 0 Å². The molecule has 9 nitrogen and oxygen atoms in total. The number of fused-ring (bicyclic) bond motifs is 1. The number of aromatic amines is 1. The highest BCUT2D eigenvalue weighted by Gasteiger charge is 2.44. The Morgan fingerprint density at radius 1 is 1.00 bits per heavy atom. The Labute approximate surface area is 197 Å². The van der Waals surface area contributed by atoms with Crippen molar-refractivity contribution in [3.8, 4) is 22.5 Å². The third-order valence-electron chi connectivity index (χ3n) is 6.23. The number of benzene rings is 2. The molecule has 1 unspecified atom stereocenters. The fraction of sp³-hybridized carbons (Fsp3) is 0.280. The van der Waals surface area contributed by atoms with Crippen molar-refractivity contribution in [3.63, 3.8) is 0 Å². The van der Waals surface area contributed by atoms with Crippen LogP contribution in [-0.4, -0.2) is 61.3 Å². The van der Waals surface area contributed by atoms with Crippen molar-refractivity contribution in [2.24, 2.45) is 4.99 Å². The topological polar surface area (TPSA) is 107 Å². The van der Waals surface area contributed by atoms with Crippen LogP contribution < -0.4 is 0 Å². The van der Waals surface area contributed by atoms with Crippen LogP contribution in [0.1, 0.15) is 38.7 Å². The third-order valence-corrected chi connectivity index (χ3v) is 6.23. The fourth-order valence-electron chi connectivity index (χ4n) is 4.45. The lowest BCUT2D eigenvalue weighted by atomic mass is 9.93. The van der Waals surface area contributed by atoms with Crippen molar-refractivity contribution >= 4 is 23.3 Å². The quantitative estimate of drug-likeness (QED) is 0.612. The van der Waals surface area contributed by atoms with Gasteiger partial charge in [-0.1, -0.05) is 61.9 Å². The molecule has 0 saturated heterocycles. The maximum absolute atomic E-state index is 13.4. The molecule has 9 heteroatoms. The number of nitrogens with one attached hydrogen (secondary N) is 1. The fourth-order valence-corrected chi connectivity index (χ4v) is 4.45. The number of likely N-dealkylation sites (N-methyl/N-ethyl adjacent to an activating group) is 1. The zero-order chi connectivity index (χ0) is 23.8. The smallest absolute Gasteiger partial charge is 0.262 e. The maximum atomic E-state index is 13.4. The predicted octanol–water partition coefficient (Wildman–Crippen LogP) is 3.49.